The number of esters is 1. The molecule has 0 unspecified atom stereocenters. The number of benzene rings is 2. The van der Waals surface area contributed by atoms with E-state index in [1.165, 1.54) is 0 Å². The van der Waals surface area contributed by atoms with E-state index in [4.69, 9.17) is 9.47 Å². The summed E-state index contributed by atoms with van der Waals surface area (Å²) >= 11 is 3.40. The predicted molar refractivity (Wildman–Crippen MR) is 95.4 cm³/mol. The lowest BCUT2D eigenvalue weighted by Gasteiger charge is -2.10. The van der Waals surface area contributed by atoms with Gasteiger partial charge in [-0.3, -0.25) is 4.79 Å². The fourth-order valence-electron chi connectivity index (χ4n) is 1.98. The number of hydrogen-bond acceptors (Lipinski definition) is 4. The molecule has 2 aromatic carbocycles. The van der Waals surface area contributed by atoms with Gasteiger partial charge in [0.15, 0.2) is 6.61 Å². The highest BCUT2D eigenvalue weighted by Gasteiger charge is 2.10. The minimum absolute atomic E-state index is 0.160. The van der Waals surface area contributed by atoms with Crippen LogP contribution in [0.3, 0.4) is 0 Å². The Balaban J connectivity index is 1.94. The van der Waals surface area contributed by atoms with Gasteiger partial charge in [-0.15, -0.1) is 0 Å². The first-order valence-electron chi connectivity index (χ1n) is 7.45. The summed E-state index contributed by atoms with van der Waals surface area (Å²) in [4.78, 5) is 23.7. The van der Waals surface area contributed by atoms with Gasteiger partial charge in [0.2, 0.25) is 0 Å². The largest absolute Gasteiger partial charge is 0.484 e. The number of carbonyl (C=O) groups is 2. The fraction of sp³-hybridized carbons (Fsp3) is 0.222. The molecule has 1 N–H and O–H groups in total. The molecule has 0 heterocycles. The topological polar surface area (TPSA) is 64.6 Å². The predicted octanol–water partition coefficient (Wildman–Crippen LogP) is 3.95. The zero-order chi connectivity index (χ0) is 17.5. The lowest BCUT2D eigenvalue weighted by Crippen LogP contribution is -2.20. The SMILES string of the molecule is CCOC(=O)c1cccc(OCC(=O)Nc2ccc(C)cc2Br)c1. The van der Waals surface area contributed by atoms with E-state index >= 15 is 0 Å². The molecule has 0 aliphatic rings. The number of amides is 1. The molecule has 2 aromatic rings. The standard InChI is InChI=1S/C18H18BrNO4/c1-3-23-18(22)13-5-4-6-14(10-13)24-11-17(21)20-16-8-7-12(2)9-15(16)19/h4-10H,3,11H2,1-2H3,(H,20,21). The lowest BCUT2D eigenvalue weighted by atomic mass is 10.2. The van der Waals surface area contributed by atoms with Crippen LogP contribution in [0, 0.1) is 6.92 Å². The van der Waals surface area contributed by atoms with E-state index in [1.807, 2.05) is 25.1 Å². The van der Waals surface area contributed by atoms with Crippen LogP contribution in [0.5, 0.6) is 5.75 Å². The summed E-state index contributed by atoms with van der Waals surface area (Å²) in [6, 6.07) is 12.2. The van der Waals surface area contributed by atoms with Gasteiger partial charge in [-0.1, -0.05) is 12.1 Å². The number of hydrogen-bond donors (Lipinski definition) is 1. The van der Waals surface area contributed by atoms with Crippen LogP contribution in [0.2, 0.25) is 0 Å². The third-order valence-corrected chi connectivity index (χ3v) is 3.77. The molecule has 2 rings (SSSR count). The number of rotatable bonds is 6. The molecule has 0 saturated heterocycles. The van der Waals surface area contributed by atoms with Crippen molar-refractivity contribution in [3.63, 3.8) is 0 Å². The van der Waals surface area contributed by atoms with E-state index in [0.717, 1.165) is 10.0 Å². The minimum atomic E-state index is -0.420. The van der Waals surface area contributed by atoms with Gasteiger partial charge in [0.25, 0.3) is 5.91 Å². The van der Waals surface area contributed by atoms with Crippen LogP contribution in [0.4, 0.5) is 5.69 Å². The number of ether oxygens (including phenoxy) is 2. The Morgan fingerprint density at radius 2 is 1.96 bits per heavy atom. The number of anilines is 1. The molecular formula is C18H18BrNO4. The van der Waals surface area contributed by atoms with Crippen molar-refractivity contribution in [2.45, 2.75) is 13.8 Å². The summed E-state index contributed by atoms with van der Waals surface area (Å²) in [5.41, 5.74) is 2.15. The molecule has 5 nitrogen and oxygen atoms in total. The van der Waals surface area contributed by atoms with Crippen LogP contribution in [0.15, 0.2) is 46.9 Å². The maximum Gasteiger partial charge on any atom is 0.338 e. The van der Waals surface area contributed by atoms with Crippen molar-refractivity contribution < 1.29 is 19.1 Å². The van der Waals surface area contributed by atoms with Crippen LogP contribution in [-0.4, -0.2) is 25.1 Å². The Hall–Kier alpha value is -2.34. The van der Waals surface area contributed by atoms with E-state index in [2.05, 4.69) is 21.2 Å². The maximum atomic E-state index is 12.0. The van der Waals surface area contributed by atoms with Gasteiger partial charge in [0.05, 0.1) is 17.9 Å². The van der Waals surface area contributed by atoms with Crippen molar-refractivity contribution in [2.75, 3.05) is 18.5 Å². The second-order valence-electron chi connectivity index (χ2n) is 5.07. The van der Waals surface area contributed by atoms with Gasteiger partial charge >= 0.3 is 5.97 Å². The highest BCUT2D eigenvalue weighted by Crippen LogP contribution is 2.23. The monoisotopic (exact) mass is 391 g/mol. The van der Waals surface area contributed by atoms with Gasteiger partial charge in [0.1, 0.15) is 5.75 Å². The van der Waals surface area contributed by atoms with Gasteiger partial charge in [-0.05, 0) is 65.7 Å². The highest BCUT2D eigenvalue weighted by atomic mass is 79.9. The Morgan fingerprint density at radius 1 is 1.17 bits per heavy atom. The lowest BCUT2D eigenvalue weighted by molar-refractivity contribution is -0.118. The Morgan fingerprint density at radius 3 is 2.67 bits per heavy atom. The summed E-state index contributed by atoms with van der Waals surface area (Å²) < 4.78 is 11.2. The van der Waals surface area contributed by atoms with Crippen molar-refractivity contribution in [2.24, 2.45) is 0 Å². The van der Waals surface area contributed by atoms with Gasteiger partial charge in [-0.25, -0.2) is 4.79 Å². The smallest absolute Gasteiger partial charge is 0.338 e. The molecule has 0 aliphatic carbocycles. The molecular weight excluding hydrogens is 374 g/mol. The molecule has 1 amide bonds. The molecule has 6 heteroatoms. The molecule has 126 valence electrons. The van der Waals surface area contributed by atoms with Crippen molar-refractivity contribution in [1.29, 1.82) is 0 Å². The molecule has 24 heavy (non-hydrogen) atoms. The average molecular weight is 392 g/mol. The van der Waals surface area contributed by atoms with Gasteiger partial charge in [-0.2, -0.15) is 0 Å². The van der Waals surface area contributed by atoms with E-state index in [0.29, 0.717) is 23.6 Å². The molecule has 0 radical (unpaired) electrons. The number of carbonyl (C=O) groups excluding carboxylic acids is 2. The summed E-state index contributed by atoms with van der Waals surface area (Å²) in [5.74, 6) is -0.282. The van der Waals surface area contributed by atoms with Crippen LogP contribution >= 0.6 is 15.9 Å². The minimum Gasteiger partial charge on any atom is -0.484 e. The molecule has 0 spiro atoms. The Labute approximate surface area is 149 Å². The first-order chi connectivity index (χ1) is 11.5. The summed E-state index contributed by atoms with van der Waals surface area (Å²) in [5, 5.41) is 2.76. The number of halogens is 1. The van der Waals surface area contributed by atoms with Crippen molar-refractivity contribution in [3.05, 3.63) is 58.1 Å². The first-order valence-corrected chi connectivity index (χ1v) is 8.25. The molecule has 0 bridgehead atoms. The van der Waals surface area contributed by atoms with Crippen molar-refractivity contribution in [3.8, 4) is 5.75 Å². The third-order valence-electron chi connectivity index (χ3n) is 3.11. The molecule has 0 aliphatic heterocycles. The second kappa shape index (κ2) is 8.49. The van der Waals surface area contributed by atoms with E-state index in [-0.39, 0.29) is 12.5 Å². The van der Waals surface area contributed by atoms with E-state index in [1.54, 1.807) is 31.2 Å². The van der Waals surface area contributed by atoms with Crippen molar-refractivity contribution >= 4 is 33.5 Å². The van der Waals surface area contributed by atoms with Crippen LogP contribution in [-0.2, 0) is 9.53 Å². The van der Waals surface area contributed by atoms with Crippen LogP contribution in [0.25, 0.3) is 0 Å². The average Bonchev–Trinajstić information content (AvgIpc) is 2.56. The van der Waals surface area contributed by atoms with E-state index in [9.17, 15) is 9.59 Å². The first kappa shape index (κ1) is 18.0. The maximum absolute atomic E-state index is 12.0. The van der Waals surface area contributed by atoms with Crippen LogP contribution < -0.4 is 10.1 Å². The fourth-order valence-corrected chi connectivity index (χ4v) is 2.58. The zero-order valence-corrected chi connectivity index (χ0v) is 15.1. The van der Waals surface area contributed by atoms with Gasteiger partial charge in [0, 0.05) is 4.47 Å². The van der Waals surface area contributed by atoms with Crippen molar-refractivity contribution in [1.82, 2.24) is 0 Å². The molecule has 0 fully saturated rings. The second-order valence-corrected chi connectivity index (χ2v) is 5.92. The third kappa shape index (κ3) is 5.09. The quantitative estimate of drug-likeness (QED) is 0.757. The normalized spacial score (nSPS) is 10.1. The van der Waals surface area contributed by atoms with Gasteiger partial charge < -0.3 is 14.8 Å². The van der Waals surface area contributed by atoms with E-state index < -0.39 is 5.97 Å². The Bertz CT molecular complexity index is 746. The highest BCUT2D eigenvalue weighted by molar-refractivity contribution is 9.10. The zero-order valence-electron chi connectivity index (χ0n) is 13.5. The Kier molecular flexibility index (Phi) is 6.37. The number of aryl methyl sites for hydroxylation is 1. The summed E-state index contributed by atoms with van der Waals surface area (Å²) in [6.07, 6.45) is 0. The summed E-state index contributed by atoms with van der Waals surface area (Å²) in [7, 11) is 0. The molecule has 0 saturated carbocycles. The van der Waals surface area contributed by atoms with Crippen LogP contribution in [0.1, 0.15) is 22.8 Å². The summed E-state index contributed by atoms with van der Waals surface area (Å²) in [6.45, 7) is 3.85. The molecule has 0 aromatic heterocycles. The molecule has 0 atom stereocenters. The number of nitrogens with one attached hydrogen (secondary N) is 1.